The van der Waals surface area contributed by atoms with Crippen molar-refractivity contribution in [1.29, 1.82) is 0 Å². The molecule has 0 aromatic heterocycles. The van der Waals surface area contributed by atoms with Crippen molar-refractivity contribution in [2.45, 2.75) is 6.92 Å². The van der Waals surface area contributed by atoms with Gasteiger partial charge >= 0.3 is 0 Å². The van der Waals surface area contributed by atoms with Gasteiger partial charge in [0.15, 0.2) is 0 Å². The van der Waals surface area contributed by atoms with Gasteiger partial charge in [-0.2, -0.15) is 0 Å². The molecule has 0 amide bonds. The third-order valence-electron chi connectivity index (χ3n) is 0. The van der Waals surface area contributed by atoms with E-state index >= 15 is 0 Å². The molecule has 38 valence electrons. The molecular formula is C2H5F2ORf2-. The molecule has 0 aromatic rings. The minimum atomic E-state index is -1.58. The maximum absolute atomic E-state index is 10.2. The topological polar surface area (TPSA) is 31.5 Å². The third kappa shape index (κ3) is 2.66. The standard InChI is InChI=1S/C2H3F2.H2O.2Rf/c1-2(3)4;;;/h1H3;1H2;;/q-1;;;. The van der Waals surface area contributed by atoms with Crippen LogP contribution in [0.2, 0.25) is 0 Å². The van der Waals surface area contributed by atoms with E-state index in [4.69, 9.17) is 0 Å². The van der Waals surface area contributed by atoms with Crippen molar-refractivity contribution in [2.24, 2.45) is 0 Å². The Hall–Kier alpha value is -2.18. The summed E-state index contributed by atoms with van der Waals surface area (Å²) in [5.41, 5.74) is 0. The van der Waals surface area contributed by atoms with Crippen molar-refractivity contribution < 1.29 is 14.3 Å². The quantitative estimate of drug-likeness (QED) is 0.358. The van der Waals surface area contributed by atoms with Gasteiger partial charge in [0.2, 0.25) is 0 Å². The normalized spacial score (nSPS) is 5.14. The van der Waals surface area contributed by atoms with Gasteiger partial charge in [0, 0.05) is 0 Å². The summed E-state index contributed by atoms with van der Waals surface area (Å²) in [6.07, 6.45) is -1.58. The summed E-state index contributed by atoms with van der Waals surface area (Å²) in [4.78, 5) is 0. The second-order valence-corrected chi connectivity index (χ2v) is 0.449. The van der Waals surface area contributed by atoms with Gasteiger partial charge in [-0.3, -0.25) is 0 Å². The maximum atomic E-state index is 10.2. The van der Waals surface area contributed by atoms with E-state index in [-0.39, 0.29) is 5.48 Å². The molecule has 0 saturated heterocycles. The van der Waals surface area contributed by atoms with E-state index in [1.165, 1.54) is 0 Å². The van der Waals surface area contributed by atoms with E-state index < -0.39 is 6.43 Å². The van der Waals surface area contributed by atoms with Crippen LogP contribution in [-0.2, 0) is 0 Å². The molecule has 0 aliphatic rings. The van der Waals surface area contributed by atoms with Crippen LogP contribution in [-0.4, -0.2) is 5.48 Å². The Morgan fingerprint density at radius 1 is 1.14 bits per heavy atom. The van der Waals surface area contributed by atoms with Crippen molar-refractivity contribution in [3.05, 3.63) is 6.43 Å². The first-order valence-corrected chi connectivity index (χ1v) is 0.878. The van der Waals surface area contributed by atoms with Crippen LogP contribution in [0.4, 0.5) is 8.78 Å². The number of rotatable bonds is 0. The van der Waals surface area contributed by atoms with Crippen LogP contribution in [0.5, 0.6) is 0 Å². The number of hydrogen-bond donors (Lipinski definition) is 0. The summed E-state index contributed by atoms with van der Waals surface area (Å²) in [6.45, 7) is 0.750. The molecule has 0 rings (SSSR count). The zero-order valence-corrected chi connectivity index (χ0v) is 17.0. The van der Waals surface area contributed by atoms with Gasteiger partial charge in [0.1, 0.15) is 0 Å². The molecule has 0 aromatic carbocycles. The Morgan fingerprint density at radius 2 is 1.14 bits per heavy atom. The molecule has 0 spiro atoms. The minimum absolute atomic E-state index is 0. The van der Waals surface area contributed by atoms with Crippen LogP contribution >= 0.6 is 0 Å². The summed E-state index contributed by atoms with van der Waals surface area (Å²) in [6, 6.07) is 0. The monoisotopic (exact) mass is 617 g/mol. The SMILES string of the molecule is C[C-](F)F.O.[Rf].[Rf]. The molecule has 0 heterocycles. The summed E-state index contributed by atoms with van der Waals surface area (Å²) in [7, 11) is 0. The van der Waals surface area contributed by atoms with Crippen molar-refractivity contribution in [1.82, 2.24) is 0 Å². The first-order valence-electron chi connectivity index (χ1n) is 0.878. The minimum Gasteiger partial charge on any atom is -0.422 e. The predicted octanol–water partition coefficient (Wildman–Crippen LogP) is 0.610. The molecule has 5 heteroatoms. The molecule has 0 unspecified atom stereocenters. The van der Waals surface area contributed by atoms with Crippen molar-refractivity contribution >= 4 is 0 Å². The van der Waals surface area contributed by atoms with Crippen LogP contribution in [0.3, 0.4) is 0 Å². The fourth-order valence-electron chi connectivity index (χ4n) is 0. The predicted molar refractivity (Wildman–Crippen MR) is 14.7 cm³/mol. The molecule has 0 bridgehead atoms. The van der Waals surface area contributed by atoms with Crippen LogP contribution in [0.25, 0.3) is 0 Å². The first-order chi connectivity index (χ1) is 1.73. The zero-order valence-electron chi connectivity index (χ0n) is 4.17. The maximum Gasteiger partial charge on any atom is 0 e. The Balaban J connectivity index is -0.0000000150. The van der Waals surface area contributed by atoms with Crippen molar-refractivity contribution in [2.75, 3.05) is 0 Å². The first kappa shape index (κ1) is 105. The molecule has 0 radical (unpaired) electrons. The third-order valence-corrected chi connectivity index (χ3v) is 0. The van der Waals surface area contributed by atoms with Crippen molar-refractivity contribution in [3.8, 4) is 0 Å². The summed E-state index contributed by atoms with van der Waals surface area (Å²) >= 11 is 0. The van der Waals surface area contributed by atoms with Crippen LogP contribution < -0.4 is 0 Å². The Bertz CT molecular complexity index is 18.4. The molecule has 0 saturated carbocycles. The van der Waals surface area contributed by atoms with Gasteiger partial charge in [-0.15, -0.1) is 6.92 Å². The fraction of sp³-hybridized carbons (Fsp3) is 0.500. The van der Waals surface area contributed by atoms with Gasteiger partial charge in [0.25, 0.3) is 0 Å². The molecule has 0 atom stereocenters. The van der Waals surface area contributed by atoms with E-state index in [1.807, 2.05) is 0 Å². The molecular weight excluding hydrogens is 612 g/mol. The van der Waals surface area contributed by atoms with E-state index in [0.717, 1.165) is 6.92 Å². The molecule has 0 aliphatic heterocycles. The number of halogens is 2. The molecule has 1 nitrogen and oxygen atoms in total. The summed E-state index contributed by atoms with van der Waals surface area (Å²) in [5.74, 6) is 0. The van der Waals surface area contributed by atoms with E-state index in [9.17, 15) is 8.78 Å². The Morgan fingerprint density at radius 3 is 1.14 bits per heavy atom. The number of hydrogen-bond acceptors (Lipinski definition) is 0. The largest absolute Gasteiger partial charge is 0.422 e. The average molecular weight is 617 g/mol. The van der Waals surface area contributed by atoms with Crippen LogP contribution in [0.1, 0.15) is 6.92 Å². The van der Waals surface area contributed by atoms with E-state index in [1.54, 1.807) is 0 Å². The van der Waals surface area contributed by atoms with Gasteiger partial charge in [-0.1, -0.05) is 0 Å². The molecule has 7 heavy (non-hydrogen) atoms. The second-order valence-electron chi connectivity index (χ2n) is 0.449. The van der Waals surface area contributed by atoms with Gasteiger partial charge < -0.3 is 14.3 Å². The Labute approximate surface area is 28.9 Å². The van der Waals surface area contributed by atoms with Crippen LogP contribution in [0, 0.1) is 6.43 Å². The van der Waals surface area contributed by atoms with Crippen LogP contribution in [0.15, 0.2) is 0 Å². The molecule has 0 aliphatic carbocycles. The van der Waals surface area contributed by atoms with E-state index in [2.05, 4.69) is 0 Å². The smallest absolute Gasteiger partial charge is 0 e. The van der Waals surface area contributed by atoms with Gasteiger partial charge in [-0.25, -0.2) is 0 Å². The van der Waals surface area contributed by atoms with Crippen molar-refractivity contribution in [3.63, 3.8) is 0 Å². The summed E-state index contributed by atoms with van der Waals surface area (Å²) < 4.78 is 20.5. The van der Waals surface area contributed by atoms with Gasteiger partial charge in [-0.05, 0) is 6.43 Å². The summed E-state index contributed by atoms with van der Waals surface area (Å²) in [5, 5.41) is 0. The molecule has 0 fully saturated rings. The van der Waals surface area contributed by atoms with E-state index in [0.29, 0.717) is 0 Å². The average Bonchev–Trinajstić information content (AvgIpc) is 0.811. The second kappa shape index (κ2) is 45.2. The fourth-order valence-corrected chi connectivity index (χ4v) is 0. The molecule has 2 N–H and O–H groups in total. The zero-order chi connectivity index (χ0) is 3.58. The van der Waals surface area contributed by atoms with Gasteiger partial charge in [0.05, 0.1) is 0 Å². The Kier molecular flexibility index (Phi) is 675.